The van der Waals surface area contributed by atoms with Crippen molar-refractivity contribution >= 4 is 17.6 Å². The van der Waals surface area contributed by atoms with Crippen LogP contribution in [0.2, 0.25) is 5.02 Å². The van der Waals surface area contributed by atoms with Gasteiger partial charge >= 0.3 is 5.97 Å². The van der Waals surface area contributed by atoms with E-state index in [2.05, 4.69) is 4.90 Å². The maximum atomic E-state index is 11.3. The number of aliphatic carboxylic acids is 1. The Morgan fingerprint density at radius 1 is 1.25 bits per heavy atom. The second-order valence-corrected chi connectivity index (χ2v) is 6.44. The fraction of sp³-hybridized carbons (Fsp3) is 0.562. The lowest BCUT2D eigenvalue weighted by Gasteiger charge is -2.27. The zero-order valence-electron chi connectivity index (χ0n) is 11.6. The predicted molar refractivity (Wildman–Crippen MR) is 79.1 cm³/mol. The maximum Gasteiger partial charge on any atom is 0.314 e. The number of hydrogen-bond acceptors (Lipinski definition) is 2. The summed E-state index contributed by atoms with van der Waals surface area (Å²) in [6, 6.07) is 5.82. The molecule has 0 radical (unpaired) electrons. The monoisotopic (exact) mass is 293 g/mol. The second kappa shape index (κ2) is 5.38. The van der Waals surface area contributed by atoms with Gasteiger partial charge in [-0.1, -0.05) is 30.2 Å². The lowest BCUT2D eigenvalue weighted by molar-refractivity contribution is -0.140. The molecule has 1 heterocycles. The third-order valence-corrected chi connectivity index (χ3v) is 4.96. The molecule has 2 aliphatic rings. The molecule has 0 aromatic heterocycles. The summed E-state index contributed by atoms with van der Waals surface area (Å²) in [6.45, 7) is 3.15. The topological polar surface area (TPSA) is 40.5 Å². The van der Waals surface area contributed by atoms with Crippen molar-refractivity contribution in [2.24, 2.45) is 0 Å². The number of hydrogen-bond donors (Lipinski definition) is 1. The van der Waals surface area contributed by atoms with Crippen LogP contribution >= 0.6 is 11.6 Å². The van der Waals surface area contributed by atoms with Crippen molar-refractivity contribution in [3.05, 3.63) is 34.3 Å². The van der Waals surface area contributed by atoms with Gasteiger partial charge in [-0.3, -0.25) is 9.69 Å². The number of benzene rings is 1. The highest BCUT2D eigenvalue weighted by Crippen LogP contribution is 2.49. The maximum absolute atomic E-state index is 11.3. The van der Waals surface area contributed by atoms with Gasteiger partial charge in [0, 0.05) is 11.6 Å². The summed E-state index contributed by atoms with van der Waals surface area (Å²) in [5, 5.41) is 10.0. The lowest BCUT2D eigenvalue weighted by Crippen LogP contribution is -2.29. The van der Waals surface area contributed by atoms with E-state index in [1.807, 2.05) is 18.2 Å². The van der Waals surface area contributed by atoms with Gasteiger partial charge in [-0.2, -0.15) is 0 Å². The first-order chi connectivity index (χ1) is 9.62. The summed E-state index contributed by atoms with van der Waals surface area (Å²) < 4.78 is 0. The first-order valence-corrected chi connectivity index (χ1v) is 7.74. The van der Waals surface area contributed by atoms with Gasteiger partial charge < -0.3 is 5.11 Å². The van der Waals surface area contributed by atoms with E-state index in [4.69, 9.17) is 11.6 Å². The summed E-state index contributed by atoms with van der Waals surface area (Å²) in [4.78, 5) is 13.8. The Bertz CT molecular complexity index is 519. The Hall–Kier alpha value is -1.06. The number of rotatable bonds is 4. The Balaban J connectivity index is 1.76. The van der Waals surface area contributed by atoms with Crippen molar-refractivity contribution < 1.29 is 9.90 Å². The number of carboxylic acid groups (broad SMARTS) is 1. The molecule has 0 amide bonds. The van der Waals surface area contributed by atoms with Crippen LogP contribution in [0.1, 0.15) is 43.2 Å². The summed E-state index contributed by atoms with van der Waals surface area (Å²) in [6.07, 6.45) is 5.30. The highest BCUT2D eigenvalue weighted by Gasteiger charge is 2.51. The molecule has 1 saturated carbocycles. The van der Waals surface area contributed by atoms with Crippen molar-refractivity contribution in [1.82, 2.24) is 4.90 Å². The van der Waals surface area contributed by atoms with Crippen LogP contribution in [0.3, 0.4) is 0 Å². The normalized spacial score (nSPS) is 21.6. The van der Waals surface area contributed by atoms with Crippen LogP contribution in [0.25, 0.3) is 0 Å². The molecule has 1 aromatic rings. The Morgan fingerprint density at radius 3 is 2.50 bits per heavy atom. The highest BCUT2D eigenvalue weighted by molar-refractivity contribution is 6.31. The zero-order chi connectivity index (χ0) is 14.2. The van der Waals surface area contributed by atoms with Crippen LogP contribution in [0.5, 0.6) is 0 Å². The Labute approximate surface area is 124 Å². The molecular weight excluding hydrogens is 274 g/mol. The summed E-state index contributed by atoms with van der Waals surface area (Å²) in [5.74, 6) is -0.725. The van der Waals surface area contributed by atoms with Crippen LogP contribution in [-0.4, -0.2) is 29.1 Å². The molecule has 1 saturated heterocycles. The molecule has 20 heavy (non-hydrogen) atoms. The van der Waals surface area contributed by atoms with Crippen molar-refractivity contribution in [3.8, 4) is 0 Å². The molecule has 4 heteroatoms. The highest BCUT2D eigenvalue weighted by atomic mass is 35.5. The minimum atomic E-state index is -0.725. The third-order valence-electron chi connectivity index (χ3n) is 4.61. The predicted octanol–water partition coefficient (Wildman–Crippen LogP) is 3.44. The average molecular weight is 294 g/mol. The van der Waals surface area contributed by atoms with E-state index in [0.29, 0.717) is 5.02 Å². The van der Waals surface area contributed by atoms with Crippen LogP contribution in [-0.2, 0) is 16.8 Å². The molecule has 1 N–H and O–H groups in total. The van der Waals surface area contributed by atoms with Gasteiger partial charge in [0.05, 0.1) is 5.41 Å². The van der Waals surface area contributed by atoms with Crippen molar-refractivity contribution in [3.63, 3.8) is 0 Å². The number of halogens is 1. The second-order valence-electron chi connectivity index (χ2n) is 6.03. The van der Waals surface area contributed by atoms with E-state index in [0.717, 1.165) is 43.6 Å². The molecule has 3 rings (SSSR count). The number of nitrogens with zero attached hydrogens (tertiary/aromatic N) is 1. The van der Waals surface area contributed by atoms with E-state index in [9.17, 15) is 9.90 Å². The van der Waals surface area contributed by atoms with Crippen molar-refractivity contribution in [2.75, 3.05) is 13.1 Å². The van der Waals surface area contributed by atoms with Crippen molar-refractivity contribution in [2.45, 2.75) is 44.1 Å². The Morgan fingerprint density at radius 2 is 1.95 bits per heavy atom. The number of carbonyl (C=O) groups is 1. The van der Waals surface area contributed by atoms with E-state index in [1.165, 1.54) is 19.3 Å². The number of likely N-dealkylation sites (tertiary alicyclic amines) is 1. The van der Waals surface area contributed by atoms with Crippen molar-refractivity contribution in [1.29, 1.82) is 0 Å². The third kappa shape index (κ3) is 2.57. The average Bonchev–Trinajstić information content (AvgIpc) is 3.24. The van der Waals surface area contributed by atoms with Crippen LogP contribution in [0.4, 0.5) is 0 Å². The molecule has 1 aliphatic heterocycles. The lowest BCUT2D eigenvalue weighted by atomic mass is 9.95. The minimum Gasteiger partial charge on any atom is -0.481 e. The van der Waals surface area contributed by atoms with Crippen LogP contribution in [0, 0.1) is 0 Å². The van der Waals surface area contributed by atoms with Gasteiger partial charge in [-0.15, -0.1) is 0 Å². The van der Waals surface area contributed by atoms with Gasteiger partial charge in [0.15, 0.2) is 0 Å². The number of carboxylic acids is 1. The fourth-order valence-electron chi connectivity index (χ4n) is 3.08. The van der Waals surface area contributed by atoms with Crippen LogP contribution in [0.15, 0.2) is 18.2 Å². The largest absolute Gasteiger partial charge is 0.481 e. The van der Waals surface area contributed by atoms with E-state index < -0.39 is 11.4 Å². The van der Waals surface area contributed by atoms with Crippen LogP contribution < -0.4 is 0 Å². The zero-order valence-corrected chi connectivity index (χ0v) is 12.3. The van der Waals surface area contributed by atoms with E-state index in [-0.39, 0.29) is 0 Å². The smallest absolute Gasteiger partial charge is 0.314 e. The molecule has 1 aromatic carbocycles. The van der Waals surface area contributed by atoms with Gasteiger partial charge in [0.25, 0.3) is 0 Å². The molecule has 0 bridgehead atoms. The standard InChI is InChI=1S/C16H20ClNO2/c17-14-10-13(16(6-7-16)15(19)20)5-4-12(14)11-18-8-2-1-3-9-18/h4-5,10H,1-3,6-9,11H2,(H,19,20). The molecule has 3 nitrogen and oxygen atoms in total. The number of piperidine rings is 1. The summed E-state index contributed by atoms with van der Waals surface area (Å²) >= 11 is 6.37. The first-order valence-electron chi connectivity index (χ1n) is 7.36. The summed E-state index contributed by atoms with van der Waals surface area (Å²) in [5.41, 5.74) is 1.31. The Kier molecular flexibility index (Phi) is 3.74. The molecular formula is C16H20ClNO2. The van der Waals surface area contributed by atoms with Gasteiger partial charge in [0.2, 0.25) is 0 Å². The first kappa shape index (κ1) is 13.9. The van der Waals surface area contributed by atoms with E-state index in [1.54, 1.807) is 0 Å². The van der Waals surface area contributed by atoms with Gasteiger partial charge in [-0.05, 0) is 56.0 Å². The summed E-state index contributed by atoms with van der Waals surface area (Å²) in [7, 11) is 0. The van der Waals surface area contributed by atoms with E-state index >= 15 is 0 Å². The fourth-order valence-corrected chi connectivity index (χ4v) is 3.32. The van der Waals surface area contributed by atoms with Gasteiger partial charge in [-0.25, -0.2) is 0 Å². The molecule has 108 valence electrons. The molecule has 0 atom stereocenters. The molecule has 0 unspecified atom stereocenters. The molecule has 1 aliphatic carbocycles. The SMILES string of the molecule is O=C(O)C1(c2ccc(CN3CCCCC3)c(Cl)c2)CC1. The van der Waals surface area contributed by atoms with Gasteiger partial charge in [0.1, 0.15) is 0 Å². The molecule has 2 fully saturated rings. The minimum absolute atomic E-state index is 0.659. The molecule has 0 spiro atoms. The quantitative estimate of drug-likeness (QED) is 0.924.